The topological polar surface area (TPSA) is 20.3 Å². The molecule has 0 spiro atoms. The van der Waals surface area contributed by atoms with E-state index in [1.807, 2.05) is 0 Å². The first-order chi connectivity index (χ1) is 13.0. The number of nitrogens with zero attached hydrogens (tertiary/aromatic N) is 1. The van der Waals surface area contributed by atoms with Gasteiger partial charge in [-0.05, 0) is 35.7 Å². The Balaban J connectivity index is 1.97. The third-order valence-corrected chi connectivity index (χ3v) is 5.00. The summed E-state index contributed by atoms with van der Waals surface area (Å²) in [5.74, 6) is -1.63. The molecular weight excluding hydrogens is 384 g/mol. The van der Waals surface area contributed by atoms with E-state index >= 15 is 0 Å². The number of benzene rings is 2. The number of carbonyl (C=O) groups is 1. The number of hydrogen-bond acceptors (Lipinski definition) is 1. The summed E-state index contributed by atoms with van der Waals surface area (Å²) in [5, 5.41) is 0. The minimum Gasteiger partial charge on any atom is -0.312 e. The summed E-state index contributed by atoms with van der Waals surface area (Å²) < 4.78 is 78.0. The molecule has 0 radical (unpaired) electrons. The van der Waals surface area contributed by atoms with Crippen molar-refractivity contribution in [3.05, 3.63) is 65.2 Å². The van der Waals surface area contributed by atoms with E-state index in [2.05, 4.69) is 0 Å². The van der Waals surface area contributed by atoms with Crippen LogP contribution in [0.4, 0.5) is 32.0 Å². The predicted molar refractivity (Wildman–Crippen MR) is 91.8 cm³/mol. The molecule has 1 aliphatic rings. The fraction of sp³-hybridized carbons (Fsp3) is 0.350. The first-order valence-corrected chi connectivity index (χ1v) is 8.68. The summed E-state index contributed by atoms with van der Waals surface area (Å²) in [4.78, 5) is 14.2. The van der Waals surface area contributed by atoms with E-state index in [1.165, 1.54) is 29.2 Å². The van der Waals surface area contributed by atoms with Crippen LogP contribution in [-0.2, 0) is 17.1 Å². The van der Waals surface area contributed by atoms with Crippen LogP contribution in [0.2, 0.25) is 0 Å². The van der Waals surface area contributed by atoms with Crippen molar-refractivity contribution >= 4 is 11.6 Å². The normalized spacial score (nSPS) is 20.7. The first-order valence-electron chi connectivity index (χ1n) is 8.68. The highest BCUT2D eigenvalue weighted by Gasteiger charge is 2.42. The number of carbonyl (C=O) groups excluding carboxylic acids is 1. The zero-order chi connectivity index (χ0) is 20.7. The SMILES string of the molecule is CCC1CN(c2cccc(C(F)(F)F)c2)C(=O)C1c1cccc(C(F)(F)F)c1. The quantitative estimate of drug-likeness (QED) is 0.588. The van der Waals surface area contributed by atoms with E-state index in [-0.39, 0.29) is 23.7 Å². The second-order valence-electron chi connectivity index (χ2n) is 6.77. The molecule has 0 N–H and O–H groups in total. The summed E-state index contributed by atoms with van der Waals surface area (Å²) in [6, 6.07) is 8.97. The van der Waals surface area contributed by atoms with Crippen molar-refractivity contribution in [1.82, 2.24) is 0 Å². The lowest BCUT2D eigenvalue weighted by molar-refractivity contribution is -0.138. The van der Waals surface area contributed by atoms with Gasteiger partial charge in [0.25, 0.3) is 0 Å². The van der Waals surface area contributed by atoms with Gasteiger partial charge in [0.2, 0.25) is 5.91 Å². The summed E-state index contributed by atoms with van der Waals surface area (Å²) in [6.45, 7) is 1.95. The van der Waals surface area contributed by atoms with Gasteiger partial charge in [-0.25, -0.2) is 0 Å². The molecule has 1 fully saturated rings. The minimum atomic E-state index is -4.55. The largest absolute Gasteiger partial charge is 0.416 e. The molecule has 150 valence electrons. The van der Waals surface area contributed by atoms with Gasteiger partial charge in [-0.2, -0.15) is 26.3 Å². The summed E-state index contributed by atoms with van der Waals surface area (Å²) >= 11 is 0. The highest BCUT2D eigenvalue weighted by molar-refractivity contribution is 6.00. The lowest BCUT2D eigenvalue weighted by Gasteiger charge is -2.19. The van der Waals surface area contributed by atoms with Crippen molar-refractivity contribution in [3.63, 3.8) is 0 Å². The number of anilines is 1. The Morgan fingerprint density at radius 1 is 0.929 bits per heavy atom. The third kappa shape index (κ3) is 3.86. The van der Waals surface area contributed by atoms with Gasteiger partial charge in [0.05, 0.1) is 17.0 Å². The molecule has 1 saturated heterocycles. The van der Waals surface area contributed by atoms with Crippen molar-refractivity contribution < 1.29 is 31.1 Å². The lowest BCUT2D eigenvalue weighted by atomic mass is 9.86. The summed E-state index contributed by atoms with van der Waals surface area (Å²) in [5.41, 5.74) is -1.42. The van der Waals surface area contributed by atoms with Crippen molar-refractivity contribution in [1.29, 1.82) is 0 Å². The molecule has 1 amide bonds. The van der Waals surface area contributed by atoms with E-state index in [9.17, 15) is 31.1 Å². The maximum atomic E-state index is 13.0. The average molecular weight is 401 g/mol. The monoisotopic (exact) mass is 401 g/mol. The predicted octanol–water partition coefficient (Wildman–Crippen LogP) is 5.88. The van der Waals surface area contributed by atoms with Crippen LogP contribution in [0.15, 0.2) is 48.5 Å². The standard InChI is InChI=1S/C20H17F6NO/c1-2-12-11-27(16-8-4-7-15(10-16)20(24,25)26)18(28)17(12)13-5-3-6-14(9-13)19(21,22)23/h3-10,12,17H,2,11H2,1H3. The lowest BCUT2D eigenvalue weighted by Crippen LogP contribution is -2.26. The van der Waals surface area contributed by atoms with Gasteiger partial charge in [-0.1, -0.05) is 37.6 Å². The molecule has 0 aliphatic carbocycles. The van der Waals surface area contributed by atoms with Crippen LogP contribution in [0.1, 0.15) is 36.0 Å². The maximum Gasteiger partial charge on any atom is 0.416 e. The van der Waals surface area contributed by atoms with Gasteiger partial charge in [0.15, 0.2) is 0 Å². The number of amides is 1. The molecular formula is C20H17F6NO. The van der Waals surface area contributed by atoms with Gasteiger partial charge in [-0.15, -0.1) is 0 Å². The number of rotatable bonds is 3. The Bertz CT molecular complexity index is 873. The zero-order valence-corrected chi connectivity index (χ0v) is 14.8. The van der Waals surface area contributed by atoms with E-state index in [0.29, 0.717) is 6.42 Å². The molecule has 28 heavy (non-hydrogen) atoms. The second kappa shape index (κ2) is 7.14. The molecule has 2 aromatic carbocycles. The van der Waals surface area contributed by atoms with Crippen LogP contribution in [-0.4, -0.2) is 12.5 Å². The van der Waals surface area contributed by atoms with Gasteiger partial charge in [-0.3, -0.25) is 4.79 Å². The molecule has 1 aliphatic heterocycles. The van der Waals surface area contributed by atoms with Gasteiger partial charge < -0.3 is 4.90 Å². The first kappa shape index (κ1) is 20.2. The molecule has 2 aromatic rings. The van der Waals surface area contributed by atoms with Crippen LogP contribution in [0.25, 0.3) is 0 Å². The Morgan fingerprint density at radius 3 is 2.07 bits per heavy atom. The van der Waals surface area contributed by atoms with Crippen molar-refractivity contribution in [2.75, 3.05) is 11.4 Å². The number of alkyl halides is 6. The Morgan fingerprint density at radius 2 is 1.50 bits per heavy atom. The molecule has 8 heteroatoms. The molecule has 2 unspecified atom stereocenters. The highest BCUT2D eigenvalue weighted by Crippen LogP contribution is 2.41. The Kier molecular flexibility index (Phi) is 5.16. The summed E-state index contributed by atoms with van der Waals surface area (Å²) in [6.07, 6.45) is -8.59. The number of halogens is 6. The number of hydrogen-bond donors (Lipinski definition) is 0. The van der Waals surface area contributed by atoms with E-state index in [1.54, 1.807) is 6.92 Å². The molecule has 2 atom stereocenters. The molecule has 2 nitrogen and oxygen atoms in total. The van der Waals surface area contributed by atoms with E-state index in [4.69, 9.17) is 0 Å². The average Bonchev–Trinajstić information content (AvgIpc) is 2.97. The molecule has 0 aromatic heterocycles. The minimum absolute atomic E-state index is 0.0905. The van der Waals surface area contributed by atoms with Gasteiger partial charge in [0, 0.05) is 12.2 Å². The highest BCUT2D eigenvalue weighted by atomic mass is 19.4. The summed E-state index contributed by atoms with van der Waals surface area (Å²) in [7, 11) is 0. The Labute approximate surface area is 157 Å². The zero-order valence-electron chi connectivity index (χ0n) is 14.8. The smallest absolute Gasteiger partial charge is 0.312 e. The van der Waals surface area contributed by atoms with Crippen molar-refractivity contribution in [2.24, 2.45) is 5.92 Å². The van der Waals surface area contributed by atoms with Gasteiger partial charge >= 0.3 is 12.4 Å². The van der Waals surface area contributed by atoms with Gasteiger partial charge in [0.1, 0.15) is 0 Å². The molecule has 1 heterocycles. The maximum absolute atomic E-state index is 13.0. The van der Waals surface area contributed by atoms with Crippen molar-refractivity contribution in [3.8, 4) is 0 Å². The van der Waals surface area contributed by atoms with E-state index in [0.717, 1.165) is 24.3 Å². The van der Waals surface area contributed by atoms with Crippen LogP contribution in [0.3, 0.4) is 0 Å². The van der Waals surface area contributed by atoms with Crippen LogP contribution in [0, 0.1) is 5.92 Å². The fourth-order valence-electron chi connectivity index (χ4n) is 3.57. The molecule has 3 rings (SSSR count). The van der Waals surface area contributed by atoms with Crippen LogP contribution >= 0.6 is 0 Å². The van der Waals surface area contributed by atoms with Crippen LogP contribution < -0.4 is 4.90 Å². The van der Waals surface area contributed by atoms with E-state index < -0.39 is 35.3 Å². The molecule has 0 bridgehead atoms. The third-order valence-electron chi connectivity index (χ3n) is 5.00. The second-order valence-corrected chi connectivity index (χ2v) is 6.77. The van der Waals surface area contributed by atoms with Crippen LogP contribution in [0.5, 0.6) is 0 Å². The molecule has 0 saturated carbocycles. The Hall–Kier alpha value is -2.51. The fourth-order valence-corrected chi connectivity index (χ4v) is 3.57. The van der Waals surface area contributed by atoms with Crippen molar-refractivity contribution in [2.45, 2.75) is 31.6 Å².